The molecule has 1 aromatic carbocycles. The fraction of sp³-hybridized carbons (Fsp3) is 0.364. The molecule has 0 fully saturated rings. The van der Waals surface area contributed by atoms with Gasteiger partial charge in [-0.2, -0.15) is 18.4 Å². The number of anilines is 1. The van der Waals surface area contributed by atoms with Gasteiger partial charge in [-0.15, -0.1) is 0 Å². The number of nitrogens with one attached hydrogen (secondary N) is 1. The Bertz CT molecular complexity index is 424. The second-order valence-electron chi connectivity index (χ2n) is 3.38. The molecule has 0 aliphatic carbocycles. The molecule has 0 radical (unpaired) electrons. The van der Waals surface area contributed by atoms with E-state index in [4.69, 9.17) is 16.9 Å². The van der Waals surface area contributed by atoms with Gasteiger partial charge in [0.15, 0.2) is 0 Å². The third-order valence-electron chi connectivity index (χ3n) is 2.07. The van der Waals surface area contributed by atoms with Crippen molar-refractivity contribution in [3.8, 4) is 6.07 Å². The van der Waals surface area contributed by atoms with Crippen LogP contribution >= 0.6 is 11.6 Å². The van der Waals surface area contributed by atoms with Crippen LogP contribution in [0.3, 0.4) is 0 Å². The monoisotopic (exact) mass is 262 g/mol. The zero-order chi connectivity index (χ0) is 12.9. The largest absolute Gasteiger partial charge is 0.418 e. The van der Waals surface area contributed by atoms with Crippen LogP contribution in [0, 0.1) is 11.3 Å². The van der Waals surface area contributed by atoms with Crippen molar-refractivity contribution in [1.82, 2.24) is 0 Å². The lowest BCUT2D eigenvalue weighted by atomic mass is 10.1. The summed E-state index contributed by atoms with van der Waals surface area (Å²) in [6.45, 7) is 0.318. The molecular formula is C11H10ClF3N2. The highest BCUT2D eigenvalue weighted by molar-refractivity contribution is 6.30. The van der Waals surface area contributed by atoms with E-state index in [0.29, 0.717) is 19.4 Å². The van der Waals surface area contributed by atoms with Crippen molar-refractivity contribution in [3.05, 3.63) is 28.8 Å². The van der Waals surface area contributed by atoms with Crippen LogP contribution in [0.5, 0.6) is 0 Å². The summed E-state index contributed by atoms with van der Waals surface area (Å²) in [6.07, 6.45) is -3.64. The number of hydrogen-bond acceptors (Lipinski definition) is 2. The topological polar surface area (TPSA) is 35.8 Å². The highest BCUT2D eigenvalue weighted by atomic mass is 35.5. The summed E-state index contributed by atoms with van der Waals surface area (Å²) in [5.41, 5.74) is -0.804. The summed E-state index contributed by atoms with van der Waals surface area (Å²) in [4.78, 5) is 0. The van der Waals surface area contributed by atoms with E-state index in [-0.39, 0.29) is 10.7 Å². The minimum Gasteiger partial charge on any atom is -0.385 e. The maximum Gasteiger partial charge on any atom is 0.418 e. The van der Waals surface area contributed by atoms with Crippen LogP contribution in [-0.2, 0) is 6.18 Å². The summed E-state index contributed by atoms with van der Waals surface area (Å²) in [5, 5.41) is 11.0. The van der Waals surface area contributed by atoms with Crippen LogP contribution in [0.15, 0.2) is 18.2 Å². The van der Waals surface area contributed by atoms with Crippen LogP contribution in [0.1, 0.15) is 18.4 Å². The van der Waals surface area contributed by atoms with Gasteiger partial charge in [0.25, 0.3) is 0 Å². The van der Waals surface area contributed by atoms with Crippen molar-refractivity contribution in [3.63, 3.8) is 0 Å². The lowest BCUT2D eigenvalue weighted by Crippen LogP contribution is -2.11. The molecule has 2 nitrogen and oxygen atoms in total. The number of hydrogen-bond donors (Lipinski definition) is 1. The summed E-state index contributed by atoms with van der Waals surface area (Å²) < 4.78 is 38.0. The molecule has 0 bridgehead atoms. The van der Waals surface area contributed by atoms with Gasteiger partial charge in [0.1, 0.15) is 0 Å². The molecule has 0 unspecified atom stereocenters. The molecular weight excluding hydrogens is 253 g/mol. The van der Waals surface area contributed by atoms with Crippen LogP contribution in [0.4, 0.5) is 18.9 Å². The Morgan fingerprint density at radius 3 is 2.65 bits per heavy atom. The minimum absolute atomic E-state index is 0.0140. The van der Waals surface area contributed by atoms with Gasteiger partial charge in [-0.3, -0.25) is 0 Å². The third kappa shape index (κ3) is 4.16. The molecule has 6 heteroatoms. The first-order chi connectivity index (χ1) is 7.95. The van der Waals surface area contributed by atoms with Crippen LogP contribution < -0.4 is 5.32 Å². The van der Waals surface area contributed by atoms with E-state index >= 15 is 0 Å². The smallest absolute Gasteiger partial charge is 0.385 e. The summed E-state index contributed by atoms with van der Waals surface area (Å²) in [7, 11) is 0. The van der Waals surface area contributed by atoms with Gasteiger partial charge in [-0.25, -0.2) is 0 Å². The molecule has 17 heavy (non-hydrogen) atoms. The zero-order valence-electron chi connectivity index (χ0n) is 8.81. The average molecular weight is 263 g/mol. The van der Waals surface area contributed by atoms with Crippen LogP contribution in [0.25, 0.3) is 0 Å². The van der Waals surface area contributed by atoms with Crippen molar-refractivity contribution in [2.75, 3.05) is 11.9 Å². The molecule has 1 N–H and O–H groups in total. The van der Waals surface area contributed by atoms with Crippen LogP contribution in [-0.4, -0.2) is 6.54 Å². The molecule has 0 aromatic heterocycles. The van der Waals surface area contributed by atoms with Gasteiger partial charge in [-0.1, -0.05) is 11.6 Å². The summed E-state index contributed by atoms with van der Waals surface area (Å²) >= 11 is 5.54. The summed E-state index contributed by atoms with van der Waals surface area (Å²) in [5.74, 6) is 0. The predicted molar refractivity (Wildman–Crippen MR) is 59.8 cm³/mol. The van der Waals surface area contributed by atoms with E-state index in [1.54, 1.807) is 0 Å². The van der Waals surface area contributed by atoms with Crippen molar-refractivity contribution in [1.29, 1.82) is 5.26 Å². The highest BCUT2D eigenvalue weighted by Gasteiger charge is 2.33. The molecule has 92 valence electrons. The molecule has 1 rings (SSSR count). The number of nitriles is 1. The lowest BCUT2D eigenvalue weighted by molar-refractivity contribution is -0.136. The lowest BCUT2D eigenvalue weighted by Gasteiger charge is -2.14. The van der Waals surface area contributed by atoms with Gasteiger partial charge >= 0.3 is 6.18 Å². The molecule has 0 aliphatic heterocycles. The average Bonchev–Trinajstić information content (AvgIpc) is 2.25. The van der Waals surface area contributed by atoms with E-state index in [9.17, 15) is 13.2 Å². The number of nitrogens with zero attached hydrogens (tertiary/aromatic N) is 1. The van der Waals surface area contributed by atoms with Gasteiger partial charge in [0, 0.05) is 23.7 Å². The Kier molecular flexibility index (Phi) is 4.64. The molecule has 1 aromatic rings. The molecule has 0 saturated heterocycles. The number of rotatable bonds is 4. The number of benzene rings is 1. The number of halogens is 4. The normalized spacial score (nSPS) is 11.0. The van der Waals surface area contributed by atoms with Crippen molar-refractivity contribution >= 4 is 17.3 Å². The van der Waals surface area contributed by atoms with Gasteiger partial charge in [0.2, 0.25) is 0 Å². The Morgan fingerprint density at radius 1 is 1.35 bits per heavy atom. The molecule has 0 saturated carbocycles. The highest BCUT2D eigenvalue weighted by Crippen LogP contribution is 2.36. The second kappa shape index (κ2) is 5.78. The first kappa shape index (κ1) is 13.7. The van der Waals surface area contributed by atoms with E-state index in [2.05, 4.69) is 5.32 Å². The van der Waals surface area contributed by atoms with E-state index in [1.807, 2.05) is 6.07 Å². The van der Waals surface area contributed by atoms with Crippen molar-refractivity contribution in [2.45, 2.75) is 19.0 Å². The first-order valence-corrected chi connectivity index (χ1v) is 5.30. The van der Waals surface area contributed by atoms with E-state index in [0.717, 1.165) is 6.07 Å². The first-order valence-electron chi connectivity index (χ1n) is 4.92. The van der Waals surface area contributed by atoms with E-state index < -0.39 is 11.7 Å². The Labute approximate surface area is 102 Å². The van der Waals surface area contributed by atoms with E-state index in [1.165, 1.54) is 12.1 Å². The standard InChI is InChI=1S/C11H10ClF3N2/c12-8-3-4-10(17-6-2-1-5-16)9(7-8)11(13,14)15/h3-4,7,17H,1-2,6H2. The SMILES string of the molecule is N#CCCCNc1ccc(Cl)cc1C(F)(F)F. The Morgan fingerprint density at radius 2 is 2.06 bits per heavy atom. The third-order valence-corrected chi connectivity index (χ3v) is 2.30. The number of unbranched alkanes of at least 4 members (excludes halogenated alkanes) is 1. The van der Waals surface area contributed by atoms with Crippen LogP contribution in [0.2, 0.25) is 5.02 Å². The molecule has 0 atom stereocenters. The number of alkyl halides is 3. The second-order valence-corrected chi connectivity index (χ2v) is 3.81. The van der Waals surface area contributed by atoms with Crippen molar-refractivity contribution < 1.29 is 13.2 Å². The van der Waals surface area contributed by atoms with Gasteiger partial charge < -0.3 is 5.32 Å². The van der Waals surface area contributed by atoms with Gasteiger partial charge in [-0.05, 0) is 24.6 Å². The maximum absolute atomic E-state index is 12.7. The fourth-order valence-corrected chi connectivity index (χ4v) is 1.47. The molecule has 0 heterocycles. The van der Waals surface area contributed by atoms with Gasteiger partial charge in [0.05, 0.1) is 11.6 Å². The molecule has 0 amide bonds. The molecule has 0 aliphatic rings. The predicted octanol–water partition coefficient (Wildman–Crippen LogP) is 4.07. The maximum atomic E-state index is 12.7. The fourth-order valence-electron chi connectivity index (χ4n) is 1.30. The Balaban J connectivity index is 2.81. The van der Waals surface area contributed by atoms with Crippen molar-refractivity contribution in [2.24, 2.45) is 0 Å². The summed E-state index contributed by atoms with van der Waals surface area (Å²) in [6, 6.07) is 5.49. The zero-order valence-corrected chi connectivity index (χ0v) is 9.57. The Hall–Kier alpha value is -1.41. The quantitative estimate of drug-likeness (QED) is 0.830. The minimum atomic E-state index is -4.44. The molecule has 0 spiro atoms.